The van der Waals surface area contributed by atoms with E-state index in [2.05, 4.69) is 50.9 Å². The second kappa shape index (κ2) is 9.49. The van der Waals surface area contributed by atoms with E-state index >= 15 is 0 Å². The van der Waals surface area contributed by atoms with Crippen LogP contribution in [0, 0.1) is 11.9 Å². The second-order valence-electron chi connectivity index (χ2n) is 8.65. The summed E-state index contributed by atoms with van der Waals surface area (Å²) in [6.45, 7) is 7.87. The van der Waals surface area contributed by atoms with Crippen molar-refractivity contribution in [2.45, 2.75) is 50.7 Å². The first-order valence-corrected chi connectivity index (χ1v) is 13.3. The number of imidazole rings is 1. The lowest BCUT2D eigenvalue weighted by molar-refractivity contribution is 0.130. The van der Waals surface area contributed by atoms with Crippen LogP contribution in [0.25, 0.3) is 16.2 Å². The van der Waals surface area contributed by atoms with Gasteiger partial charge in [-0.3, -0.25) is 0 Å². The fraction of sp³-hybridized carbons (Fsp3) is 0.500. The third-order valence-corrected chi connectivity index (χ3v) is 7.50. The van der Waals surface area contributed by atoms with Crippen LogP contribution in [-0.2, 0) is 0 Å². The average Bonchev–Trinajstić information content (AvgIpc) is 3.54. The number of hydrogen-bond acceptors (Lipinski definition) is 10. The van der Waals surface area contributed by atoms with Crippen molar-refractivity contribution in [3.63, 3.8) is 0 Å². The van der Waals surface area contributed by atoms with Crippen LogP contribution in [0.15, 0.2) is 27.9 Å². The number of ether oxygens (including phenoxy) is 1. The molecule has 1 saturated heterocycles. The smallest absolute Gasteiger partial charge is 0.324 e. The molecule has 1 atom stereocenters. The summed E-state index contributed by atoms with van der Waals surface area (Å²) in [4.78, 5) is 15.8. The van der Waals surface area contributed by atoms with Crippen LogP contribution in [-0.4, -0.2) is 55.2 Å². The van der Waals surface area contributed by atoms with Crippen molar-refractivity contribution in [3.8, 4) is 16.5 Å². The van der Waals surface area contributed by atoms with Crippen LogP contribution in [0.4, 0.5) is 10.4 Å². The van der Waals surface area contributed by atoms with Gasteiger partial charge >= 0.3 is 6.01 Å². The Bertz CT molecular complexity index is 1250. The van der Waals surface area contributed by atoms with Crippen molar-refractivity contribution in [2.75, 3.05) is 24.2 Å². The Morgan fingerprint density at radius 3 is 2.62 bits per heavy atom. The number of fused-ring (bicyclic) bond motifs is 1. The third kappa shape index (κ3) is 4.61. The highest BCUT2D eigenvalue weighted by atomic mass is 32.2. The van der Waals surface area contributed by atoms with Crippen molar-refractivity contribution in [1.82, 2.24) is 29.7 Å². The van der Waals surface area contributed by atoms with E-state index in [0.29, 0.717) is 38.4 Å². The van der Waals surface area contributed by atoms with Gasteiger partial charge in [-0.25, -0.2) is 14.5 Å². The van der Waals surface area contributed by atoms with Crippen molar-refractivity contribution in [1.29, 1.82) is 0 Å². The van der Waals surface area contributed by atoms with Gasteiger partial charge in [-0.05, 0) is 55.4 Å². The van der Waals surface area contributed by atoms with Crippen LogP contribution in [0.2, 0.25) is 0 Å². The monoisotopic (exact) mass is 503 g/mol. The molecule has 0 N–H and O–H groups in total. The Labute approximate surface area is 204 Å². The van der Waals surface area contributed by atoms with E-state index < -0.39 is 5.95 Å². The van der Waals surface area contributed by atoms with Crippen LogP contribution in [0.5, 0.6) is 5.19 Å². The summed E-state index contributed by atoms with van der Waals surface area (Å²) in [6, 6.07) is 4.08. The molecular formula is C22H26FN7O2S2. The maximum atomic E-state index is 14.4. The second-order valence-corrected chi connectivity index (χ2v) is 10.4. The van der Waals surface area contributed by atoms with Gasteiger partial charge in [0.2, 0.25) is 10.9 Å². The predicted molar refractivity (Wildman–Crippen MR) is 129 cm³/mol. The Morgan fingerprint density at radius 1 is 1.18 bits per heavy atom. The van der Waals surface area contributed by atoms with Gasteiger partial charge in [0.05, 0.1) is 22.5 Å². The van der Waals surface area contributed by atoms with Gasteiger partial charge in [0.1, 0.15) is 6.10 Å². The number of pyridine rings is 1. The number of thioether (sulfide) groups is 1. The number of halogens is 1. The molecule has 0 radical (unpaired) electrons. The van der Waals surface area contributed by atoms with Crippen molar-refractivity contribution in [3.05, 3.63) is 30.1 Å². The summed E-state index contributed by atoms with van der Waals surface area (Å²) in [7, 11) is 0. The SMILES string of the molecule is CSc1ccc(-c2cn3nc(O[C@H](C)C4CCN(c5nc(C(C)C)no5)CC4)sc3n2)c(F)n1. The molecule has 0 aliphatic carbocycles. The summed E-state index contributed by atoms with van der Waals surface area (Å²) in [5, 5.41) is 9.75. The number of anilines is 1. The summed E-state index contributed by atoms with van der Waals surface area (Å²) < 4.78 is 27.6. The van der Waals surface area contributed by atoms with Crippen LogP contribution < -0.4 is 9.64 Å². The molecule has 0 aromatic carbocycles. The highest BCUT2D eigenvalue weighted by molar-refractivity contribution is 7.98. The van der Waals surface area contributed by atoms with Gasteiger partial charge in [0, 0.05) is 19.0 Å². The molecule has 34 heavy (non-hydrogen) atoms. The summed E-state index contributed by atoms with van der Waals surface area (Å²) >= 11 is 2.75. The Kier molecular flexibility index (Phi) is 6.43. The minimum Gasteiger partial charge on any atom is -0.466 e. The van der Waals surface area contributed by atoms with Gasteiger partial charge in [-0.15, -0.1) is 16.9 Å². The van der Waals surface area contributed by atoms with Crippen molar-refractivity contribution in [2.24, 2.45) is 5.92 Å². The number of nitrogens with zero attached hydrogens (tertiary/aromatic N) is 7. The fourth-order valence-electron chi connectivity index (χ4n) is 3.99. The summed E-state index contributed by atoms with van der Waals surface area (Å²) in [6.07, 6.45) is 5.50. The topological polar surface area (TPSA) is 94.5 Å². The first-order chi connectivity index (χ1) is 16.4. The molecule has 0 saturated carbocycles. The van der Waals surface area contributed by atoms with E-state index in [4.69, 9.17) is 9.26 Å². The molecule has 0 bridgehead atoms. The lowest BCUT2D eigenvalue weighted by atomic mass is 9.92. The minimum atomic E-state index is -0.532. The standard InChI is InChI=1S/C22H26FN7O2S2/c1-12(2)19-26-20(32-28-19)29-9-7-14(8-10-29)13(3)31-22-27-30-11-16(24-21(30)34-22)15-5-6-17(33-4)25-18(15)23/h5-6,11-14H,7-10H2,1-4H3/t13-/m1/s1. The molecule has 4 aromatic heterocycles. The van der Waals surface area contributed by atoms with Crippen molar-refractivity contribution < 1.29 is 13.7 Å². The zero-order valence-corrected chi connectivity index (χ0v) is 21.1. The maximum absolute atomic E-state index is 14.4. The van der Waals surface area contributed by atoms with Gasteiger partial charge in [0.25, 0.3) is 5.19 Å². The third-order valence-electron chi connectivity index (χ3n) is 6.04. The van der Waals surface area contributed by atoms with E-state index in [9.17, 15) is 4.39 Å². The van der Waals surface area contributed by atoms with Gasteiger partial charge in [-0.2, -0.15) is 9.37 Å². The molecule has 5 rings (SSSR count). The maximum Gasteiger partial charge on any atom is 0.324 e. The molecule has 5 heterocycles. The molecule has 0 spiro atoms. The van der Waals surface area contributed by atoms with Crippen LogP contribution in [0.1, 0.15) is 45.4 Å². The van der Waals surface area contributed by atoms with Crippen LogP contribution >= 0.6 is 23.1 Å². The number of piperidine rings is 1. The van der Waals surface area contributed by atoms with Gasteiger partial charge in [-0.1, -0.05) is 19.0 Å². The molecule has 1 aliphatic rings. The van der Waals surface area contributed by atoms with Crippen molar-refractivity contribution >= 4 is 34.1 Å². The Morgan fingerprint density at radius 2 is 1.97 bits per heavy atom. The number of hydrogen-bond donors (Lipinski definition) is 0. The number of rotatable bonds is 7. The van der Waals surface area contributed by atoms with Gasteiger partial charge in [0.15, 0.2) is 5.82 Å². The first kappa shape index (κ1) is 23.0. The molecule has 0 amide bonds. The van der Waals surface area contributed by atoms with E-state index in [1.807, 2.05) is 6.26 Å². The highest BCUT2D eigenvalue weighted by Crippen LogP contribution is 2.31. The van der Waals surface area contributed by atoms with Gasteiger partial charge < -0.3 is 14.2 Å². The average molecular weight is 504 g/mol. The lowest BCUT2D eigenvalue weighted by Gasteiger charge is -2.33. The molecular weight excluding hydrogens is 477 g/mol. The number of aromatic nitrogens is 6. The molecule has 4 aromatic rings. The zero-order chi connectivity index (χ0) is 23.8. The van der Waals surface area contributed by atoms with Crippen LogP contribution in [0.3, 0.4) is 0 Å². The molecule has 1 fully saturated rings. The molecule has 180 valence electrons. The fourth-order valence-corrected chi connectivity index (χ4v) is 5.18. The Balaban J connectivity index is 1.20. The summed E-state index contributed by atoms with van der Waals surface area (Å²) in [5.41, 5.74) is 0.866. The summed E-state index contributed by atoms with van der Waals surface area (Å²) in [5.74, 6) is 0.845. The zero-order valence-electron chi connectivity index (χ0n) is 19.4. The predicted octanol–water partition coefficient (Wildman–Crippen LogP) is 4.90. The van der Waals surface area contributed by atoms with E-state index in [-0.39, 0.29) is 12.0 Å². The Hall–Kier alpha value is -2.73. The van der Waals surface area contributed by atoms with E-state index in [1.54, 1.807) is 22.8 Å². The van der Waals surface area contributed by atoms with E-state index in [1.165, 1.54) is 23.1 Å². The minimum absolute atomic E-state index is 0.00659. The quantitative estimate of drug-likeness (QED) is 0.258. The molecule has 9 nitrogen and oxygen atoms in total. The molecule has 1 aliphatic heterocycles. The normalized spacial score (nSPS) is 16.0. The first-order valence-electron chi connectivity index (χ1n) is 11.2. The van der Waals surface area contributed by atoms with E-state index in [0.717, 1.165) is 31.8 Å². The molecule has 0 unspecified atom stereocenters. The highest BCUT2D eigenvalue weighted by Gasteiger charge is 2.28. The molecule has 12 heteroatoms. The lowest BCUT2D eigenvalue weighted by Crippen LogP contribution is -2.38. The largest absolute Gasteiger partial charge is 0.466 e.